The van der Waals surface area contributed by atoms with Crippen LogP contribution in [0.25, 0.3) is 4.96 Å². The maximum absolute atomic E-state index is 11.1. The van der Waals surface area contributed by atoms with Crippen molar-refractivity contribution in [1.29, 1.82) is 0 Å². The molecule has 2 aromatic heterocycles. The summed E-state index contributed by atoms with van der Waals surface area (Å²) in [4.78, 5) is 11.0. The predicted molar refractivity (Wildman–Crippen MR) is 125 cm³/mol. The van der Waals surface area contributed by atoms with Gasteiger partial charge in [-0.05, 0) is 29.8 Å². The van der Waals surface area contributed by atoms with Crippen LogP contribution in [0.3, 0.4) is 0 Å². The molecule has 0 aliphatic carbocycles. The van der Waals surface area contributed by atoms with Gasteiger partial charge in [0, 0.05) is 43.3 Å². The van der Waals surface area contributed by atoms with Crippen molar-refractivity contribution in [1.82, 2.24) is 19.5 Å². The number of thiazole rings is 1. The van der Waals surface area contributed by atoms with Crippen molar-refractivity contribution < 1.29 is 5.11 Å². The molecule has 1 fully saturated rings. The standard InChI is InChI=1S/C23H24ClN5OS/c1-2-19-25-23-29(26-19)22(30)21(31-23)20(16-7-6-8-17(24)15-16)28-13-11-27(12-14-28)18-9-4-3-5-10-18/h3-10,15,20,30H,2,11-14H2,1H3/t20-/m1/s1. The first-order chi connectivity index (χ1) is 15.1. The van der Waals surface area contributed by atoms with Crippen LogP contribution < -0.4 is 4.90 Å². The summed E-state index contributed by atoms with van der Waals surface area (Å²) in [6, 6.07) is 18.3. The highest BCUT2D eigenvalue weighted by Crippen LogP contribution is 2.41. The molecule has 1 N–H and O–H groups in total. The third kappa shape index (κ3) is 3.89. The molecule has 2 aromatic carbocycles. The topological polar surface area (TPSA) is 56.9 Å². The van der Waals surface area contributed by atoms with Crippen molar-refractivity contribution in [2.24, 2.45) is 0 Å². The van der Waals surface area contributed by atoms with Crippen LogP contribution in [0.1, 0.15) is 29.2 Å². The Morgan fingerprint density at radius 1 is 1.06 bits per heavy atom. The summed E-state index contributed by atoms with van der Waals surface area (Å²) in [5.41, 5.74) is 2.31. The van der Waals surface area contributed by atoms with Gasteiger partial charge in [-0.1, -0.05) is 60.2 Å². The number of aryl methyl sites for hydroxylation is 1. The van der Waals surface area contributed by atoms with Crippen LogP contribution in [0, 0.1) is 0 Å². The molecular weight excluding hydrogens is 430 g/mol. The Labute approximate surface area is 190 Å². The minimum absolute atomic E-state index is 0.102. The number of piperazine rings is 1. The Kier molecular flexibility index (Phi) is 5.56. The molecule has 3 heterocycles. The smallest absolute Gasteiger partial charge is 0.230 e. The summed E-state index contributed by atoms with van der Waals surface area (Å²) >= 11 is 7.84. The van der Waals surface area contributed by atoms with E-state index in [-0.39, 0.29) is 11.9 Å². The number of aromatic nitrogens is 3. The Morgan fingerprint density at radius 3 is 2.52 bits per heavy atom. The second kappa shape index (κ2) is 8.49. The van der Waals surface area contributed by atoms with Crippen molar-refractivity contribution in [2.75, 3.05) is 31.1 Å². The third-order valence-electron chi connectivity index (χ3n) is 5.77. The van der Waals surface area contributed by atoms with Crippen LogP contribution in [-0.2, 0) is 6.42 Å². The van der Waals surface area contributed by atoms with Gasteiger partial charge in [0.25, 0.3) is 0 Å². The molecule has 1 aliphatic rings. The van der Waals surface area contributed by atoms with Gasteiger partial charge in [0.15, 0.2) is 5.82 Å². The molecule has 0 bridgehead atoms. The first kappa shape index (κ1) is 20.3. The monoisotopic (exact) mass is 453 g/mol. The summed E-state index contributed by atoms with van der Waals surface area (Å²) in [6.07, 6.45) is 0.738. The number of hydrogen-bond donors (Lipinski definition) is 1. The lowest BCUT2D eigenvalue weighted by Crippen LogP contribution is -2.47. The first-order valence-corrected chi connectivity index (χ1v) is 11.7. The highest BCUT2D eigenvalue weighted by atomic mass is 35.5. The van der Waals surface area contributed by atoms with Gasteiger partial charge in [-0.15, -0.1) is 5.10 Å². The molecule has 0 saturated carbocycles. The number of para-hydroxylation sites is 1. The van der Waals surface area contributed by atoms with E-state index in [4.69, 9.17) is 11.6 Å². The van der Waals surface area contributed by atoms with E-state index in [0.717, 1.165) is 53.8 Å². The van der Waals surface area contributed by atoms with E-state index in [1.54, 1.807) is 4.52 Å². The van der Waals surface area contributed by atoms with Gasteiger partial charge in [0.1, 0.15) is 0 Å². The van der Waals surface area contributed by atoms with Crippen LogP contribution in [0.4, 0.5) is 5.69 Å². The number of rotatable bonds is 5. The van der Waals surface area contributed by atoms with Crippen molar-refractivity contribution in [3.63, 3.8) is 0 Å². The van der Waals surface area contributed by atoms with E-state index >= 15 is 0 Å². The van der Waals surface area contributed by atoms with Gasteiger partial charge in [-0.25, -0.2) is 4.98 Å². The Hall–Kier alpha value is -2.61. The third-order valence-corrected chi connectivity index (χ3v) is 7.08. The van der Waals surface area contributed by atoms with Gasteiger partial charge in [0.05, 0.1) is 10.9 Å². The molecule has 1 aliphatic heterocycles. The van der Waals surface area contributed by atoms with E-state index in [9.17, 15) is 5.11 Å². The molecule has 0 radical (unpaired) electrons. The number of benzene rings is 2. The van der Waals surface area contributed by atoms with Gasteiger partial charge in [-0.3, -0.25) is 4.90 Å². The predicted octanol–water partition coefficient (Wildman–Crippen LogP) is 4.62. The van der Waals surface area contributed by atoms with Crippen molar-refractivity contribution in [3.05, 3.63) is 75.9 Å². The fraction of sp³-hybridized carbons (Fsp3) is 0.304. The molecule has 1 atom stereocenters. The van der Waals surface area contributed by atoms with Crippen LogP contribution in [0.2, 0.25) is 5.02 Å². The number of halogens is 1. The molecule has 5 rings (SSSR count). The summed E-state index contributed by atoms with van der Waals surface area (Å²) < 4.78 is 1.57. The number of nitrogens with zero attached hydrogens (tertiary/aromatic N) is 5. The summed E-state index contributed by atoms with van der Waals surface area (Å²) in [5.74, 6) is 0.909. The molecule has 4 aromatic rings. The van der Waals surface area contributed by atoms with Crippen molar-refractivity contribution in [3.8, 4) is 5.88 Å². The Bertz CT molecular complexity index is 1180. The minimum Gasteiger partial charge on any atom is -0.492 e. The number of hydrogen-bond acceptors (Lipinski definition) is 6. The van der Waals surface area contributed by atoms with E-state index in [0.29, 0.717) is 5.02 Å². The zero-order valence-corrected chi connectivity index (χ0v) is 18.9. The second-order valence-corrected chi connectivity index (χ2v) is 9.13. The Morgan fingerprint density at radius 2 is 1.84 bits per heavy atom. The van der Waals surface area contributed by atoms with Gasteiger partial charge < -0.3 is 10.0 Å². The largest absolute Gasteiger partial charge is 0.492 e. The molecule has 0 amide bonds. The van der Waals surface area contributed by atoms with Gasteiger partial charge in [0.2, 0.25) is 10.8 Å². The van der Waals surface area contributed by atoms with E-state index in [2.05, 4.69) is 50.2 Å². The lowest BCUT2D eigenvalue weighted by molar-refractivity contribution is 0.211. The van der Waals surface area contributed by atoms with Crippen molar-refractivity contribution >= 4 is 33.6 Å². The highest BCUT2D eigenvalue weighted by molar-refractivity contribution is 7.17. The van der Waals surface area contributed by atoms with E-state index < -0.39 is 0 Å². The van der Waals surface area contributed by atoms with E-state index in [1.807, 2.05) is 31.2 Å². The molecule has 0 unspecified atom stereocenters. The van der Waals surface area contributed by atoms with Crippen LogP contribution in [-0.4, -0.2) is 50.8 Å². The molecule has 1 saturated heterocycles. The highest BCUT2D eigenvalue weighted by Gasteiger charge is 2.32. The lowest BCUT2D eigenvalue weighted by atomic mass is 10.0. The SMILES string of the molecule is CCc1nc2sc([C@@H](c3cccc(Cl)c3)N3CCN(c4ccccc4)CC3)c(O)n2n1. The molecule has 6 nitrogen and oxygen atoms in total. The maximum Gasteiger partial charge on any atom is 0.230 e. The zero-order valence-electron chi connectivity index (χ0n) is 17.3. The second-order valence-electron chi connectivity index (χ2n) is 7.68. The average molecular weight is 454 g/mol. The van der Waals surface area contributed by atoms with Crippen LogP contribution >= 0.6 is 22.9 Å². The summed E-state index contributed by atoms with van der Waals surface area (Å²) in [7, 11) is 0. The lowest BCUT2D eigenvalue weighted by Gasteiger charge is -2.40. The summed E-state index contributed by atoms with van der Waals surface area (Å²) in [6.45, 7) is 5.60. The van der Waals surface area contributed by atoms with Crippen LogP contribution in [0.5, 0.6) is 5.88 Å². The quantitative estimate of drug-likeness (QED) is 0.477. The number of fused-ring (bicyclic) bond motifs is 1. The molecule has 8 heteroatoms. The van der Waals surface area contributed by atoms with Crippen molar-refractivity contribution in [2.45, 2.75) is 19.4 Å². The summed E-state index contributed by atoms with van der Waals surface area (Å²) in [5, 5.41) is 16.2. The van der Waals surface area contributed by atoms with E-state index in [1.165, 1.54) is 17.0 Å². The molecular formula is C23H24ClN5OS. The first-order valence-electron chi connectivity index (χ1n) is 10.5. The fourth-order valence-corrected chi connectivity index (χ4v) is 5.54. The maximum atomic E-state index is 11.1. The molecule has 31 heavy (non-hydrogen) atoms. The molecule has 160 valence electrons. The Balaban J connectivity index is 1.49. The molecule has 0 spiro atoms. The average Bonchev–Trinajstić information content (AvgIpc) is 3.34. The number of aromatic hydroxyl groups is 1. The van der Waals surface area contributed by atoms with Gasteiger partial charge >= 0.3 is 0 Å². The normalized spacial score (nSPS) is 16.1. The fourth-order valence-electron chi connectivity index (χ4n) is 4.20. The van der Waals surface area contributed by atoms with Gasteiger partial charge in [-0.2, -0.15) is 4.52 Å². The minimum atomic E-state index is -0.102. The van der Waals surface area contributed by atoms with Crippen LogP contribution in [0.15, 0.2) is 54.6 Å². The zero-order chi connectivity index (χ0) is 21.4. The number of anilines is 1.